The van der Waals surface area contributed by atoms with Gasteiger partial charge in [-0.2, -0.15) is 0 Å². The topological polar surface area (TPSA) is 112 Å². The molecule has 47 heavy (non-hydrogen) atoms. The molecular formula is C38H36BN3O5. The van der Waals surface area contributed by atoms with E-state index < -0.39 is 25.1 Å². The van der Waals surface area contributed by atoms with Crippen molar-refractivity contribution in [3.63, 3.8) is 0 Å². The summed E-state index contributed by atoms with van der Waals surface area (Å²) in [6.45, 7) is 2.02. The number of para-hydroxylation sites is 2. The van der Waals surface area contributed by atoms with E-state index in [-0.39, 0.29) is 29.8 Å². The molecule has 0 spiro atoms. The number of allylic oxidation sites excluding steroid dienone is 2. The molecule has 9 heteroatoms. The number of hydrogen-bond donors (Lipinski definition) is 3. The third kappa shape index (κ3) is 6.12. The summed E-state index contributed by atoms with van der Waals surface area (Å²) in [5.41, 5.74) is 6.80. The molecule has 4 atom stereocenters. The summed E-state index contributed by atoms with van der Waals surface area (Å²) >= 11 is 0. The van der Waals surface area contributed by atoms with Gasteiger partial charge in [-0.1, -0.05) is 48.0 Å². The van der Waals surface area contributed by atoms with Crippen molar-refractivity contribution in [2.45, 2.75) is 38.6 Å². The average molecular weight is 626 g/mol. The second kappa shape index (κ2) is 13.0. The van der Waals surface area contributed by atoms with Gasteiger partial charge in [0, 0.05) is 23.1 Å². The highest BCUT2D eigenvalue weighted by Gasteiger charge is 2.57. The van der Waals surface area contributed by atoms with Crippen LogP contribution >= 0.6 is 0 Å². The van der Waals surface area contributed by atoms with Crippen molar-refractivity contribution in [3.8, 4) is 5.75 Å². The second-order valence-electron chi connectivity index (χ2n) is 12.5. The molecule has 0 radical (unpaired) electrons. The molecule has 2 fully saturated rings. The van der Waals surface area contributed by atoms with Gasteiger partial charge < -0.3 is 20.1 Å². The summed E-state index contributed by atoms with van der Waals surface area (Å²) in [5.74, 6) is -1.57. The van der Waals surface area contributed by atoms with Crippen LogP contribution in [0.25, 0.3) is 11.6 Å². The number of fused-ring (bicyclic) bond motifs is 3. The number of carbonyl (C=O) groups is 2. The number of imide groups is 1. The molecule has 0 bridgehead atoms. The zero-order chi connectivity index (χ0) is 32.5. The summed E-state index contributed by atoms with van der Waals surface area (Å²) in [6, 6.07) is 30.0. The van der Waals surface area contributed by atoms with Crippen LogP contribution in [0.15, 0.2) is 114 Å². The number of amides is 2. The zero-order valence-corrected chi connectivity index (χ0v) is 26.1. The van der Waals surface area contributed by atoms with Gasteiger partial charge in [-0.25, -0.2) is 0 Å². The molecule has 3 heterocycles. The molecule has 4 aromatic rings. The van der Waals surface area contributed by atoms with Gasteiger partial charge in [0.15, 0.2) is 0 Å². The third-order valence-corrected chi connectivity index (χ3v) is 9.58. The molecule has 1 aromatic heterocycles. The number of phenolic OH excluding ortho intramolecular Hbond substituents is 1. The first-order valence-corrected chi connectivity index (χ1v) is 16.1. The van der Waals surface area contributed by atoms with Gasteiger partial charge in [0.05, 0.1) is 29.3 Å². The molecule has 8 nitrogen and oxygen atoms in total. The Balaban J connectivity index is 1.13. The van der Waals surface area contributed by atoms with Gasteiger partial charge in [0.25, 0.3) is 0 Å². The van der Waals surface area contributed by atoms with E-state index in [9.17, 15) is 19.7 Å². The fourth-order valence-corrected chi connectivity index (χ4v) is 7.47. The SMILES string of the molecule is CC1=C2[C@@H](CC/C(=C/c3ccccc3O)c3ccccn3)OB(O)C[C@@H]2[C@@H]2C(=O)N(c3ccc(Nc4ccccc4)cc3)C(=O)[C@@H]2C1. The largest absolute Gasteiger partial charge is 0.507 e. The molecule has 2 saturated heterocycles. The normalized spacial score (nSPS) is 22.7. The minimum atomic E-state index is -1.05. The monoisotopic (exact) mass is 625 g/mol. The molecule has 0 saturated carbocycles. The summed E-state index contributed by atoms with van der Waals surface area (Å²) in [4.78, 5) is 33.8. The molecule has 3 aromatic carbocycles. The van der Waals surface area contributed by atoms with Gasteiger partial charge >= 0.3 is 7.12 Å². The molecule has 3 N–H and O–H groups in total. The number of rotatable bonds is 8. The Bertz CT molecular complexity index is 1840. The first-order chi connectivity index (χ1) is 22.9. The van der Waals surface area contributed by atoms with Gasteiger partial charge in [0.2, 0.25) is 11.8 Å². The smallest absolute Gasteiger partial charge is 0.455 e. The first-order valence-electron chi connectivity index (χ1n) is 16.1. The van der Waals surface area contributed by atoms with Gasteiger partial charge in [-0.05, 0) is 110 Å². The Morgan fingerprint density at radius 2 is 1.66 bits per heavy atom. The highest BCUT2D eigenvalue weighted by atomic mass is 16.5. The third-order valence-electron chi connectivity index (χ3n) is 9.58. The lowest BCUT2D eigenvalue weighted by Gasteiger charge is -2.42. The number of benzene rings is 3. The molecule has 7 rings (SSSR count). The van der Waals surface area contributed by atoms with Crippen molar-refractivity contribution in [1.82, 2.24) is 4.98 Å². The van der Waals surface area contributed by atoms with Crippen LogP contribution in [-0.4, -0.2) is 40.2 Å². The number of hydrogen-bond acceptors (Lipinski definition) is 7. The Morgan fingerprint density at radius 3 is 2.40 bits per heavy atom. The highest BCUT2D eigenvalue weighted by Crippen LogP contribution is 2.51. The number of aromatic hydroxyl groups is 1. The van der Waals surface area contributed by atoms with E-state index in [1.54, 1.807) is 30.5 Å². The minimum Gasteiger partial charge on any atom is -0.507 e. The van der Waals surface area contributed by atoms with Crippen LogP contribution in [-0.2, 0) is 14.2 Å². The fraction of sp³-hybridized carbons (Fsp3) is 0.237. The standard InChI is InChI=1S/C38H36BN3O5/c1-24-21-30-36(38(45)42(37(30)44)29-17-15-28(16-18-29)41-27-10-3-2-4-11-27)31-23-39(46)47-34(35(24)31)19-14-25(32-12-7-8-20-40-32)22-26-9-5-6-13-33(26)43/h2-13,15-18,20,22,30-31,34,36,41,43,46H,14,19,21,23H2,1H3/b25-22-/t30-,31+,34-,36-/m1/s1. The van der Waals surface area contributed by atoms with E-state index >= 15 is 0 Å². The van der Waals surface area contributed by atoms with Crippen molar-refractivity contribution >= 4 is 47.6 Å². The molecule has 236 valence electrons. The van der Waals surface area contributed by atoms with E-state index in [1.807, 2.05) is 85.8 Å². The number of nitrogens with zero attached hydrogens (tertiary/aromatic N) is 2. The average Bonchev–Trinajstić information content (AvgIpc) is 3.33. The van der Waals surface area contributed by atoms with E-state index in [1.165, 1.54) is 4.90 Å². The van der Waals surface area contributed by atoms with Crippen LogP contribution in [0, 0.1) is 17.8 Å². The maximum absolute atomic E-state index is 14.1. The van der Waals surface area contributed by atoms with Gasteiger partial charge in [0.1, 0.15) is 5.75 Å². The first kappa shape index (κ1) is 30.7. The summed E-state index contributed by atoms with van der Waals surface area (Å²) in [6.07, 6.45) is 5.07. The van der Waals surface area contributed by atoms with E-state index in [4.69, 9.17) is 4.65 Å². The van der Waals surface area contributed by atoms with Crippen LogP contribution in [0.5, 0.6) is 5.75 Å². The molecule has 1 aliphatic carbocycles. The fourth-order valence-electron chi connectivity index (χ4n) is 7.47. The zero-order valence-electron chi connectivity index (χ0n) is 26.1. The van der Waals surface area contributed by atoms with Crippen LogP contribution in [0.3, 0.4) is 0 Å². The number of phenols is 1. The number of nitrogens with one attached hydrogen (secondary N) is 1. The molecular weight excluding hydrogens is 589 g/mol. The van der Waals surface area contributed by atoms with E-state index in [2.05, 4.69) is 10.3 Å². The Morgan fingerprint density at radius 1 is 0.936 bits per heavy atom. The predicted octanol–water partition coefficient (Wildman–Crippen LogP) is 6.87. The minimum absolute atomic E-state index is 0.179. The van der Waals surface area contributed by atoms with Crippen molar-refractivity contribution in [1.29, 1.82) is 0 Å². The molecule has 3 aliphatic rings. The van der Waals surface area contributed by atoms with E-state index in [0.29, 0.717) is 30.5 Å². The Labute approximate surface area is 274 Å². The molecule has 2 amide bonds. The lowest BCUT2D eigenvalue weighted by atomic mass is 9.58. The molecule has 0 unspecified atom stereocenters. The quantitative estimate of drug-likeness (QED) is 0.111. The lowest BCUT2D eigenvalue weighted by molar-refractivity contribution is -0.122. The highest BCUT2D eigenvalue weighted by molar-refractivity contribution is 6.43. The second-order valence-corrected chi connectivity index (χ2v) is 12.5. The lowest BCUT2D eigenvalue weighted by Crippen LogP contribution is -2.46. The van der Waals surface area contributed by atoms with E-state index in [0.717, 1.165) is 33.8 Å². The summed E-state index contributed by atoms with van der Waals surface area (Å²) in [7, 11) is -1.05. The predicted molar refractivity (Wildman–Crippen MR) is 184 cm³/mol. The maximum Gasteiger partial charge on any atom is 0.455 e. The van der Waals surface area contributed by atoms with Gasteiger partial charge in [-0.15, -0.1) is 0 Å². The van der Waals surface area contributed by atoms with Crippen LogP contribution in [0.4, 0.5) is 17.1 Å². The van der Waals surface area contributed by atoms with Crippen LogP contribution < -0.4 is 10.2 Å². The summed E-state index contributed by atoms with van der Waals surface area (Å²) in [5, 5.41) is 24.7. The van der Waals surface area contributed by atoms with Crippen molar-refractivity contribution in [2.75, 3.05) is 10.2 Å². The van der Waals surface area contributed by atoms with Crippen LogP contribution in [0.1, 0.15) is 37.4 Å². The van der Waals surface area contributed by atoms with Gasteiger partial charge in [-0.3, -0.25) is 19.5 Å². The number of carbonyl (C=O) groups excluding carboxylic acids is 2. The number of anilines is 3. The Hall–Kier alpha value is -4.99. The van der Waals surface area contributed by atoms with Crippen LogP contribution in [0.2, 0.25) is 6.32 Å². The maximum atomic E-state index is 14.1. The number of aromatic nitrogens is 1. The number of pyridine rings is 1. The van der Waals surface area contributed by atoms with Crippen molar-refractivity contribution in [3.05, 3.63) is 126 Å². The Kier molecular flexibility index (Phi) is 8.49. The van der Waals surface area contributed by atoms with Crippen molar-refractivity contribution in [2.24, 2.45) is 17.8 Å². The molecule has 2 aliphatic heterocycles. The summed E-state index contributed by atoms with van der Waals surface area (Å²) < 4.78 is 6.15. The van der Waals surface area contributed by atoms with Crippen molar-refractivity contribution < 1.29 is 24.4 Å².